The standard InChI is InChI=1S/C58H64N10O9S2/c1-30-33(4)79-57-48(30)49(62-43(26-47(70)71)52-65-64-34(5)68(52)57)36-13-15-40(16-14-36)66-21-19-38(27-66)53(72)59-20-22-76-42-17-18-45-39(23-42)24-46(77-45)55(74)63-51(58(6,7)8)56(75)67-28-41(69)25-44(67)54(73)61-31(2)35-9-11-37(12-10-35)50-32(3)60-29-78-50/h9-18,23-24,29,31,38,41,43-44,51,69H,19-22,25-28H2,1-8H3,(H,59,72)(H,61,73)(H,63,74)(H,70,71)/t31-,38?,41+,43-,44-,51+/m0/s1. The lowest BCUT2D eigenvalue weighted by Gasteiger charge is -2.35. The van der Waals surface area contributed by atoms with Crippen LogP contribution in [0.25, 0.3) is 26.4 Å². The van der Waals surface area contributed by atoms with Crippen molar-refractivity contribution in [1.29, 1.82) is 0 Å². The number of furan rings is 1. The van der Waals surface area contributed by atoms with E-state index in [4.69, 9.17) is 14.1 Å². The number of aliphatic hydroxyl groups is 1. The van der Waals surface area contributed by atoms with Crippen molar-refractivity contribution in [1.82, 2.24) is 40.6 Å². The van der Waals surface area contributed by atoms with E-state index in [0.29, 0.717) is 53.6 Å². The van der Waals surface area contributed by atoms with Crippen LogP contribution in [0.1, 0.15) is 114 Å². The predicted octanol–water partition coefficient (Wildman–Crippen LogP) is 7.80. The number of rotatable bonds is 16. The highest BCUT2D eigenvalue weighted by molar-refractivity contribution is 7.15. The normalized spacial score (nSPS) is 18.8. The molecule has 2 saturated heterocycles. The summed E-state index contributed by atoms with van der Waals surface area (Å²) in [5.41, 5.74) is 8.86. The Morgan fingerprint density at radius 1 is 0.911 bits per heavy atom. The molecule has 0 radical (unpaired) electrons. The number of ether oxygens (including phenoxy) is 1. The first-order chi connectivity index (χ1) is 37.7. The van der Waals surface area contributed by atoms with Crippen molar-refractivity contribution in [3.05, 3.63) is 129 Å². The van der Waals surface area contributed by atoms with Crippen molar-refractivity contribution in [2.45, 2.75) is 105 Å². The average molecular weight is 1110 g/mol. The van der Waals surface area contributed by atoms with Crippen molar-refractivity contribution >= 4 is 74.6 Å². The lowest BCUT2D eigenvalue weighted by atomic mass is 9.85. The van der Waals surface area contributed by atoms with Crippen LogP contribution in [0.3, 0.4) is 0 Å². The van der Waals surface area contributed by atoms with Crippen LogP contribution < -0.4 is 25.6 Å². The molecule has 7 aromatic rings. The number of aliphatic hydroxyl groups excluding tert-OH is 1. The highest BCUT2D eigenvalue weighted by Crippen LogP contribution is 2.40. The highest BCUT2D eigenvalue weighted by atomic mass is 32.1. The molecule has 412 valence electrons. The molecular formula is C58H64N10O9S2. The van der Waals surface area contributed by atoms with Gasteiger partial charge in [-0.3, -0.25) is 33.5 Å². The number of carboxylic acid groups (broad SMARTS) is 1. The zero-order chi connectivity index (χ0) is 56.0. The SMILES string of the molecule is Cc1ncsc1-c1ccc([C@H](C)NC(=O)[C@@H]2C[C@@H](O)CN2C(=O)[C@@H](NC(=O)c2cc3cc(OCCNC(=O)C4CCN(c5ccc(C6=N[C@@H](CC(=O)O)c7nnc(C)n7-c7sc(C)c(C)c76)cc5)C4)ccc3o2)C(C)(C)C)cc1. The minimum atomic E-state index is -1.07. The fourth-order valence-corrected chi connectivity index (χ4v) is 12.7. The minimum absolute atomic E-state index is 0.0201. The van der Waals surface area contributed by atoms with Gasteiger partial charge in [-0.1, -0.05) is 57.2 Å². The van der Waals surface area contributed by atoms with Gasteiger partial charge >= 0.3 is 5.97 Å². The van der Waals surface area contributed by atoms with E-state index in [1.54, 1.807) is 46.9 Å². The number of amides is 4. The molecule has 3 aromatic carbocycles. The first-order valence-electron chi connectivity index (χ1n) is 26.4. The lowest BCUT2D eigenvalue weighted by Crippen LogP contribution is -2.57. The van der Waals surface area contributed by atoms with Crippen LogP contribution in [-0.2, 0) is 19.2 Å². The van der Waals surface area contributed by atoms with Gasteiger partial charge in [0.05, 0.1) is 52.8 Å². The fraction of sp³-hybridized carbons (Fsp3) is 0.397. The third-order valence-electron chi connectivity index (χ3n) is 15.1. The first-order valence-corrected chi connectivity index (χ1v) is 28.1. The number of nitrogens with one attached hydrogen (secondary N) is 3. The summed E-state index contributed by atoms with van der Waals surface area (Å²) in [7, 11) is 0. The monoisotopic (exact) mass is 1110 g/mol. The Kier molecular flexibility index (Phi) is 15.3. The number of thiazole rings is 1. The molecule has 4 amide bonds. The highest BCUT2D eigenvalue weighted by Gasteiger charge is 2.45. The van der Waals surface area contributed by atoms with E-state index in [2.05, 4.69) is 49.9 Å². The molecule has 3 aliphatic heterocycles. The molecule has 0 spiro atoms. The van der Waals surface area contributed by atoms with E-state index >= 15 is 0 Å². The van der Waals surface area contributed by atoms with Crippen LogP contribution in [0, 0.1) is 39.0 Å². The van der Waals surface area contributed by atoms with E-state index < -0.39 is 53.3 Å². The first kappa shape index (κ1) is 54.6. The summed E-state index contributed by atoms with van der Waals surface area (Å²) >= 11 is 3.18. The van der Waals surface area contributed by atoms with E-state index in [0.717, 1.165) is 54.0 Å². The molecule has 6 atom stereocenters. The molecule has 2 fully saturated rings. The maximum atomic E-state index is 14.4. The van der Waals surface area contributed by atoms with Gasteiger partial charge in [0.2, 0.25) is 17.7 Å². The zero-order valence-corrected chi connectivity index (χ0v) is 47.0. The molecule has 10 rings (SSSR count). The quantitative estimate of drug-likeness (QED) is 0.0581. The van der Waals surface area contributed by atoms with Gasteiger partial charge in [0.25, 0.3) is 5.91 Å². The summed E-state index contributed by atoms with van der Waals surface area (Å²) < 4.78 is 13.9. The summed E-state index contributed by atoms with van der Waals surface area (Å²) in [5, 5.41) is 39.7. The van der Waals surface area contributed by atoms with Gasteiger partial charge in [0.1, 0.15) is 46.9 Å². The molecule has 0 aliphatic carbocycles. The number of aromatic nitrogens is 4. The number of aryl methyl sites for hydroxylation is 3. The number of nitrogens with zero attached hydrogens (tertiary/aromatic N) is 7. The maximum absolute atomic E-state index is 14.4. The molecule has 1 unspecified atom stereocenters. The van der Waals surface area contributed by atoms with Gasteiger partial charge in [-0.05, 0) is 99.5 Å². The molecule has 7 heterocycles. The maximum Gasteiger partial charge on any atom is 0.306 e. The van der Waals surface area contributed by atoms with Crippen LogP contribution in [-0.4, -0.2) is 121 Å². The number of aliphatic carboxylic acids is 1. The van der Waals surface area contributed by atoms with Crippen molar-refractivity contribution in [2.75, 3.05) is 37.7 Å². The van der Waals surface area contributed by atoms with Crippen molar-refractivity contribution in [3.8, 4) is 21.2 Å². The fourth-order valence-electron chi connectivity index (χ4n) is 10.7. The Labute approximate surface area is 465 Å². The Bertz CT molecular complexity index is 3500. The topological polar surface area (TPSA) is 247 Å². The molecule has 0 bridgehead atoms. The third kappa shape index (κ3) is 11.3. The second kappa shape index (κ2) is 22.2. The van der Waals surface area contributed by atoms with Gasteiger partial charge in [0, 0.05) is 53.1 Å². The van der Waals surface area contributed by atoms with Crippen LogP contribution in [0.4, 0.5) is 5.69 Å². The molecule has 21 heteroatoms. The molecule has 19 nitrogen and oxygen atoms in total. The molecular weight excluding hydrogens is 1040 g/mol. The largest absolute Gasteiger partial charge is 0.492 e. The summed E-state index contributed by atoms with van der Waals surface area (Å²) in [6.07, 6.45) is -0.415. The van der Waals surface area contributed by atoms with Crippen LogP contribution in [0.5, 0.6) is 5.75 Å². The third-order valence-corrected chi connectivity index (χ3v) is 17.3. The van der Waals surface area contributed by atoms with Gasteiger partial charge < -0.3 is 45.1 Å². The van der Waals surface area contributed by atoms with Crippen molar-refractivity contribution in [3.63, 3.8) is 0 Å². The Hall–Kier alpha value is -7.75. The van der Waals surface area contributed by atoms with Gasteiger partial charge in [-0.2, -0.15) is 0 Å². The van der Waals surface area contributed by atoms with E-state index in [1.807, 2.05) is 100 Å². The van der Waals surface area contributed by atoms with Crippen LogP contribution in [0.2, 0.25) is 0 Å². The van der Waals surface area contributed by atoms with Gasteiger partial charge in [-0.25, -0.2) is 4.98 Å². The minimum Gasteiger partial charge on any atom is -0.492 e. The number of likely N-dealkylation sites (tertiary alicyclic amines) is 1. The Balaban J connectivity index is 0.716. The number of β-amino-alcohol motifs (C(OH)–C–C–N with tert-alkyl or cyclic N) is 1. The average Bonchev–Trinajstić information content (AvgIpc) is 4.47. The number of hydrogen-bond acceptors (Lipinski definition) is 15. The Morgan fingerprint density at radius 2 is 1.66 bits per heavy atom. The van der Waals surface area contributed by atoms with Crippen LogP contribution >= 0.6 is 22.7 Å². The van der Waals surface area contributed by atoms with E-state index in [9.17, 15) is 34.2 Å². The van der Waals surface area contributed by atoms with Gasteiger partial charge in [-0.15, -0.1) is 32.9 Å². The summed E-state index contributed by atoms with van der Waals surface area (Å²) in [6.45, 7) is 16.9. The second-order valence-corrected chi connectivity index (χ2v) is 23.8. The Morgan fingerprint density at radius 3 is 2.37 bits per heavy atom. The summed E-state index contributed by atoms with van der Waals surface area (Å²) in [6, 6.07) is 19.5. The number of fused-ring (bicyclic) bond motifs is 4. The van der Waals surface area contributed by atoms with E-state index in [-0.39, 0.29) is 56.2 Å². The number of carbonyl (C=O) groups is 5. The molecule has 3 aliphatic rings. The molecule has 4 aromatic heterocycles. The number of anilines is 1. The zero-order valence-electron chi connectivity index (χ0n) is 45.3. The number of thiophene rings is 1. The van der Waals surface area contributed by atoms with Crippen molar-refractivity contribution < 1.29 is 43.3 Å². The molecule has 5 N–H and O–H groups in total. The molecule has 79 heavy (non-hydrogen) atoms. The summed E-state index contributed by atoms with van der Waals surface area (Å²) in [5.74, 6) is -1.12. The summed E-state index contributed by atoms with van der Waals surface area (Å²) in [4.78, 5) is 82.6. The second-order valence-electron chi connectivity index (χ2n) is 21.7. The molecule has 0 saturated carbocycles. The number of benzene rings is 3. The van der Waals surface area contributed by atoms with E-state index in [1.165, 1.54) is 4.90 Å². The number of carbonyl (C=O) groups excluding carboxylic acids is 4. The van der Waals surface area contributed by atoms with Gasteiger partial charge in [0.15, 0.2) is 11.6 Å². The number of hydrogen-bond donors (Lipinski definition) is 5. The predicted molar refractivity (Wildman–Crippen MR) is 301 cm³/mol. The smallest absolute Gasteiger partial charge is 0.306 e. The number of aliphatic imine (C=N–C) groups is 1. The number of carboxylic acids is 1. The van der Waals surface area contributed by atoms with Crippen molar-refractivity contribution in [2.24, 2.45) is 16.3 Å². The van der Waals surface area contributed by atoms with Crippen LogP contribution in [0.15, 0.2) is 87.7 Å². The lowest BCUT2D eigenvalue weighted by molar-refractivity contribution is -0.142.